The highest BCUT2D eigenvalue weighted by Crippen LogP contribution is 2.33. The van der Waals surface area contributed by atoms with E-state index in [0.29, 0.717) is 18.1 Å². The van der Waals surface area contributed by atoms with Crippen molar-refractivity contribution in [3.63, 3.8) is 0 Å². The van der Waals surface area contributed by atoms with Crippen LogP contribution in [0.15, 0.2) is 18.2 Å². The Kier molecular flexibility index (Phi) is 4.16. The van der Waals surface area contributed by atoms with Crippen LogP contribution >= 0.6 is 0 Å². The molecule has 1 unspecified atom stereocenters. The number of fused-ring (bicyclic) bond motifs is 1. The Morgan fingerprint density at radius 3 is 2.84 bits per heavy atom. The molecule has 0 radical (unpaired) electrons. The van der Waals surface area contributed by atoms with Gasteiger partial charge in [-0.3, -0.25) is 0 Å². The highest BCUT2D eigenvalue weighted by molar-refractivity contribution is 5.44. The van der Waals surface area contributed by atoms with Crippen LogP contribution in [0.2, 0.25) is 0 Å². The molecule has 0 bridgehead atoms. The van der Waals surface area contributed by atoms with Gasteiger partial charge >= 0.3 is 6.18 Å². The summed E-state index contributed by atoms with van der Waals surface area (Å²) in [6.45, 7) is -0.927. The van der Waals surface area contributed by atoms with Gasteiger partial charge < -0.3 is 19.9 Å². The van der Waals surface area contributed by atoms with E-state index in [9.17, 15) is 13.2 Å². The molecule has 1 aromatic carbocycles. The minimum absolute atomic E-state index is 0.0426. The van der Waals surface area contributed by atoms with Crippen LogP contribution < -0.4 is 15.2 Å². The monoisotopic (exact) mass is 277 g/mol. The quantitative estimate of drug-likeness (QED) is 0.837. The van der Waals surface area contributed by atoms with Crippen molar-refractivity contribution in [3.05, 3.63) is 23.8 Å². The Morgan fingerprint density at radius 1 is 1.32 bits per heavy atom. The van der Waals surface area contributed by atoms with Crippen LogP contribution in [0.5, 0.6) is 11.5 Å². The summed E-state index contributed by atoms with van der Waals surface area (Å²) in [5, 5.41) is 0. The van der Waals surface area contributed by atoms with Crippen molar-refractivity contribution in [1.82, 2.24) is 0 Å². The van der Waals surface area contributed by atoms with Gasteiger partial charge in [-0.2, -0.15) is 13.2 Å². The molecule has 1 aliphatic rings. The normalized spacial score (nSPS) is 18.0. The first-order valence-corrected chi connectivity index (χ1v) is 5.75. The van der Waals surface area contributed by atoms with E-state index >= 15 is 0 Å². The fourth-order valence-corrected chi connectivity index (χ4v) is 1.71. The molecule has 1 atom stereocenters. The maximum absolute atomic E-state index is 11.8. The average Bonchev–Trinajstić information content (AvgIpc) is 2.69. The van der Waals surface area contributed by atoms with Crippen LogP contribution in [0, 0.1) is 0 Å². The summed E-state index contributed by atoms with van der Waals surface area (Å²) in [6.07, 6.45) is -4.31. The molecular weight excluding hydrogens is 263 g/mol. The largest absolute Gasteiger partial charge is 0.491 e. The predicted molar refractivity (Wildman–Crippen MR) is 61.2 cm³/mol. The number of benzene rings is 1. The molecule has 2 rings (SSSR count). The number of ether oxygens (including phenoxy) is 3. The van der Waals surface area contributed by atoms with Crippen LogP contribution in [0.4, 0.5) is 13.2 Å². The van der Waals surface area contributed by atoms with E-state index in [1.165, 1.54) is 0 Å². The van der Waals surface area contributed by atoms with Crippen LogP contribution in [-0.2, 0) is 4.74 Å². The predicted octanol–water partition coefficient (Wildman–Crippen LogP) is 2.04. The van der Waals surface area contributed by atoms with Gasteiger partial charge in [0.2, 0.25) is 0 Å². The van der Waals surface area contributed by atoms with Gasteiger partial charge in [-0.1, -0.05) is 0 Å². The molecular formula is C12H14F3NO3. The van der Waals surface area contributed by atoms with Crippen molar-refractivity contribution < 1.29 is 27.4 Å². The summed E-state index contributed by atoms with van der Waals surface area (Å²) in [7, 11) is 0. The molecule has 0 aliphatic carbocycles. The molecule has 1 aromatic rings. The number of nitrogens with two attached hydrogens (primary N) is 1. The summed E-state index contributed by atoms with van der Waals surface area (Å²) in [6, 6.07) is 5.03. The van der Waals surface area contributed by atoms with Crippen molar-refractivity contribution in [2.45, 2.75) is 12.2 Å². The maximum atomic E-state index is 11.8. The molecule has 19 heavy (non-hydrogen) atoms. The van der Waals surface area contributed by atoms with Crippen LogP contribution in [-0.4, -0.2) is 32.6 Å². The Labute approximate surface area is 108 Å². The molecule has 7 heteroatoms. The molecule has 0 saturated carbocycles. The second-order valence-corrected chi connectivity index (χ2v) is 4.13. The maximum Gasteiger partial charge on any atom is 0.411 e. The van der Waals surface area contributed by atoms with Gasteiger partial charge in [-0.25, -0.2) is 0 Å². The Bertz CT molecular complexity index is 437. The van der Waals surface area contributed by atoms with Gasteiger partial charge in [0.05, 0.1) is 12.6 Å². The highest BCUT2D eigenvalue weighted by Gasteiger charge is 2.27. The van der Waals surface area contributed by atoms with Crippen LogP contribution in [0.25, 0.3) is 0 Å². The van der Waals surface area contributed by atoms with E-state index in [1.807, 2.05) is 0 Å². The zero-order valence-electron chi connectivity index (χ0n) is 10.1. The third-order valence-corrected chi connectivity index (χ3v) is 2.57. The van der Waals surface area contributed by atoms with Crippen molar-refractivity contribution in [3.8, 4) is 11.5 Å². The van der Waals surface area contributed by atoms with E-state index in [4.69, 9.17) is 15.2 Å². The lowest BCUT2D eigenvalue weighted by Crippen LogP contribution is -2.19. The third kappa shape index (κ3) is 4.00. The zero-order chi connectivity index (χ0) is 13.9. The fourth-order valence-electron chi connectivity index (χ4n) is 1.71. The minimum Gasteiger partial charge on any atom is -0.491 e. The Hall–Kier alpha value is -1.47. The van der Waals surface area contributed by atoms with Gasteiger partial charge in [0.25, 0.3) is 0 Å². The van der Waals surface area contributed by atoms with E-state index in [1.54, 1.807) is 18.2 Å². The lowest BCUT2D eigenvalue weighted by Gasteiger charge is -2.10. The molecule has 0 aromatic heterocycles. The van der Waals surface area contributed by atoms with Gasteiger partial charge in [0.1, 0.15) is 31.3 Å². The van der Waals surface area contributed by atoms with Crippen LogP contribution in [0.3, 0.4) is 0 Å². The number of halogens is 3. The van der Waals surface area contributed by atoms with Gasteiger partial charge in [0, 0.05) is 11.6 Å². The molecule has 2 N–H and O–H groups in total. The summed E-state index contributed by atoms with van der Waals surface area (Å²) in [5.74, 6) is 1.17. The second kappa shape index (κ2) is 5.66. The van der Waals surface area contributed by atoms with Gasteiger partial charge in [-0.15, -0.1) is 0 Å². The standard InChI is InChI=1S/C12H14F3NO3/c13-12(14,15)7-17-3-4-18-8-1-2-9-10(16)6-19-11(9)5-8/h1-2,5,10H,3-4,6-7,16H2. The minimum atomic E-state index is -4.31. The van der Waals surface area contributed by atoms with Crippen molar-refractivity contribution in [2.75, 3.05) is 26.4 Å². The number of alkyl halides is 3. The summed E-state index contributed by atoms with van der Waals surface area (Å²) >= 11 is 0. The second-order valence-electron chi connectivity index (χ2n) is 4.13. The number of hydrogen-bond donors (Lipinski definition) is 1. The first-order valence-electron chi connectivity index (χ1n) is 5.75. The van der Waals surface area contributed by atoms with E-state index < -0.39 is 12.8 Å². The zero-order valence-corrected chi connectivity index (χ0v) is 10.1. The molecule has 106 valence electrons. The van der Waals surface area contributed by atoms with Crippen molar-refractivity contribution in [2.24, 2.45) is 5.73 Å². The van der Waals surface area contributed by atoms with Crippen molar-refractivity contribution in [1.29, 1.82) is 0 Å². The summed E-state index contributed by atoms with van der Waals surface area (Å²) in [4.78, 5) is 0. The summed E-state index contributed by atoms with van der Waals surface area (Å²) in [5.41, 5.74) is 6.69. The Balaban J connectivity index is 1.75. The number of hydrogen-bond acceptors (Lipinski definition) is 4. The molecule has 4 nitrogen and oxygen atoms in total. The lowest BCUT2D eigenvalue weighted by molar-refractivity contribution is -0.175. The fraction of sp³-hybridized carbons (Fsp3) is 0.500. The van der Waals surface area contributed by atoms with Gasteiger partial charge in [0.15, 0.2) is 0 Å². The third-order valence-electron chi connectivity index (χ3n) is 2.57. The molecule has 0 fully saturated rings. The smallest absolute Gasteiger partial charge is 0.411 e. The molecule has 1 heterocycles. The molecule has 1 aliphatic heterocycles. The van der Waals surface area contributed by atoms with E-state index in [-0.39, 0.29) is 19.3 Å². The average molecular weight is 277 g/mol. The van der Waals surface area contributed by atoms with E-state index in [2.05, 4.69) is 4.74 Å². The number of rotatable bonds is 5. The van der Waals surface area contributed by atoms with E-state index in [0.717, 1.165) is 5.56 Å². The SMILES string of the molecule is NC1COc2cc(OCCOCC(F)(F)F)ccc21. The highest BCUT2D eigenvalue weighted by atomic mass is 19.4. The Morgan fingerprint density at radius 2 is 2.11 bits per heavy atom. The van der Waals surface area contributed by atoms with Crippen LogP contribution in [0.1, 0.15) is 11.6 Å². The summed E-state index contributed by atoms with van der Waals surface area (Å²) < 4.78 is 50.4. The van der Waals surface area contributed by atoms with Gasteiger partial charge in [-0.05, 0) is 12.1 Å². The first-order chi connectivity index (χ1) is 8.96. The molecule has 0 saturated heterocycles. The lowest BCUT2D eigenvalue weighted by atomic mass is 10.1. The molecule has 0 spiro atoms. The first kappa shape index (κ1) is 14.0. The molecule has 0 amide bonds. The van der Waals surface area contributed by atoms with Crippen molar-refractivity contribution >= 4 is 0 Å². The topological polar surface area (TPSA) is 53.7 Å².